The van der Waals surface area contributed by atoms with Gasteiger partial charge in [0.1, 0.15) is 30.5 Å². The monoisotopic (exact) mass is 858 g/mol. The predicted molar refractivity (Wildman–Crippen MR) is 241 cm³/mol. The lowest BCUT2D eigenvalue weighted by molar-refractivity contribution is -0.303. The summed E-state index contributed by atoms with van der Waals surface area (Å²) in [6.07, 6.45) is 31.0. The highest BCUT2D eigenvalue weighted by Crippen LogP contribution is 2.24. The maximum Gasteiger partial charge on any atom is 0.220 e. The molecular formula is C49H95NO10. The van der Waals surface area contributed by atoms with Crippen LogP contribution in [0.2, 0.25) is 0 Å². The fraction of sp³-hybridized carbons (Fsp3) is 0.980. The number of aliphatic hydroxyl groups is 6. The Kier molecular flexibility index (Phi) is 34.5. The highest BCUT2D eigenvalue weighted by atomic mass is 16.7. The van der Waals surface area contributed by atoms with Gasteiger partial charge < -0.3 is 50.2 Å². The molecule has 0 aromatic rings. The van der Waals surface area contributed by atoms with E-state index in [-0.39, 0.29) is 18.9 Å². The van der Waals surface area contributed by atoms with E-state index in [0.717, 1.165) is 70.5 Å². The molecule has 0 bridgehead atoms. The van der Waals surface area contributed by atoms with Crippen LogP contribution in [0.3, 0.4) is 0 Å². The standard InChI is InChI=1S/C49H95NO10/c1-2-3-4-5-6-7-8-19-22-25-28-31-34-42(52)45(54)41(39-59-49-48(57)47(56)46(55)43(36-51)60-49)50-44(53)35-32-29-26-23-20-17-15-13-11-9-10-12-14-16-18-21-24-27-30-33-40-37-58-38-40/h40-43,45-49,51-52,54-57H,2-39H2,1H3,(H,50,53)/t41-,42+,43+,45-,46-,47-,48+,49-/m0/s1. The summed E-state index contributed by atoms with van der Waals surface area (Å²) in [5.41, 5.74) is 0. The summed E-state index contributed by atoms with van der Waals surface area (Å²) in [6, 6.07) is -0.986. The first-order chi connectivity index (χ1) is 29.3. The van der Waals surface area contributed by atoms with Crippen LogP contribution in [0.1, 0.15) is 225 Å². The molecule has 2 aliphatic rings. The second-order valence-electron chi connectivity index (χ2n) is 18.6. The summed E-state index contributed by atoms with van der Waals surface area (Å²) in [5.74, 6) is 0.602. The van der Waals surface area contributed by atoms with Crippen molar-refractivity contribution in [1.82, 2.24) is 5.32 Å². The summed E-state index contributed by atoms with van der Waals surface area (Å²) in [6.45, 7) is 3.34. The summed E-state index contributed by atoms with van der Waals surface area (Å²) in [7, 11) is 0. The number of hydrogen-bond donors (Lipinski definition) is 7. The number of carbonyl (C=O) groups excluding carboxylic acids is 1. The largest absolute Gasteiger partial charge is 0.394 e. The van der Waals surface area contributed by atoms with Gasteiger partial charge >= 0.3 is 0 Å². The molecule has 0 aliphatic carbocycles. The van der Waals surface area contributed by atoms with E-state index < -0.39 is 55.6 Å². The Balaban J connectivity index is 1.55. The van der Waals surface area contributed by atoms with Crippen molar-refractivity contribution in [2.24, 2.45) is 5.92 Å². The first kappa shape index (κ1) is 55.2. The third kappa shape index (κ3) is 26.7. The second-order valence-corrected chi connectivity index (χ2v) is 18.6. The first-order valence-electron chi connectivity index (χ1n) is 25.4. The van der Waals surface area contributed by atoms with Gasteiger partial charge in [0, 0.05) is 12.3 Å². The van der Waals surface area contributed by atoms with Crippen LogP contribution in [0.5, 0.6) is 0 Å². The van der Waals surface area contributed by atoms with E-state index in [4.69, 9.17) is 14.2 Å². The van der Waals surface area contributed by atoms with Gasteiger partial charge in [-0.3, -0.25) is 4.79 Å². The zero-order chi connectivity index (χ0) is 43.5. The van der Waals surface area contributed by atoms with Crippen LogP contribution in [0.4, 0.5) is 0 Å². The minimum Gasteiger partial charge on any atom is -0.394 e. The zero-order valence-electron chi connectivity index (χ0n) is 38.4. The van der Waals surface area contributed by atoms with Crippen LogP contribution in [0.15, 0.2) is 0 Å². The van der Waals surface area contributed by atoms with Crippen LogP contribution in [-0.4, -0.2) is 112 Å². The third-order valence-corrected chi connectivity index (χ3v) is 13.0. The van der Waals surface area contributed by atoms with Gasteiger partial charge in [-0.2, -0.15) is 0 Å². The Morgan fingerprint density at radius 2 is 1.03 bits per heavy atom. The van der Waals surface area contributed by atoms with Crippen molar-refractivity contribution in [1.29, 1.82) is 0 Å². The number of aliphatic hydroxyl groups excluding tert-OH is 6. The van der Waals surface area contributed by atoms with Gasteiger partial charge in [0.25, 0.3) is 0 Å². The lowest BCUT2D eigenvalue weighted by Gasteiger charge is -2.40. The van der Waals surface area contributed by atoms with Crippen molar-refractivity contribution in [2.75, 3.05) is 26.4 Å². The molecule has 11 nitrogen and oxygen atoms in total. The van der Waals surface area contributed by atoms with E-state index in [2.05, 4.69) is 12.2 Å². The second kappa shape index (κ2) is 37.5. The fourth-order valence-corrected chi connectivity index (χ4v) is 8.72. The lowest BCUT2D eigenvalue weighted by Crippen LogP contribution is -2.60. The molecule has 356 valence electrons. The maximum atomic E-state index is 13.0. The van der Waals surface area contributed by atoms with Gasteiger partial charge in [0.05, 0.1) is 38.6 Å². The number of ether oxygens (including phenoxy) is 3. The molecule has 2 saturated heterocycles. The van der Waals surface area contributed by atoms with Crippen molar-refractivity contribution in [3.8, 4) is 0 Å². The summed E-state index contributed by atoms with van der Waals surface area (Å²) in [5, 5.41) is 65.3. The quantitative estimate of drug-likeness (QED) is 0.0293. The van der Waals surface area contributed by atoms with Crippen molar-refractivity contribution >= 4 is 5.91 Å². The molecule has 0 spiro atoms. The van der Waals surface area contributed by atoms with E-state index in [1.165, 1.54) is 154 Å². The van der Waals surface area contributed by atoms with Crippen LogP contribution < -0.4 is 5.32 Å². The number of carbonyl (C=O) groups is 1. The third-order valence-electron chi connectivity index (χ3n) is 13.0. The minimum atomic E-state index is -1.60. The SMILES string of the molecule is CCCCCCCCCCCCCC[C@@H](O)[C@@H](O)[C@H](CO[C@H]1O[C@H](CO)[C@H](O)[C@H](O)[C@H]1O)NC(=O)CCCCCCCCCCCCCCCCCCCCCC1COC1. The van der Waals surface area contributed by atoms with E-state index >= 15 is 0 Å². The molecule has 60 heavy (non-hydrogen) atoms. The summed E-state index contributed by atoms with van der Waals surface area (Å²) >= 11 is 0. The molecule has 8 atom stereocenters. The minimum absolute atomic E-state index is 0.254. The van der Waals surface area contributed by atoms with Crippen molar-refractivity contribution < 1.29 is 49.6 Å². The molecule has 0 aromatic carbocycles. The van der Waals surface area contributed by atoms with Gasteiger partial charge in [-0.25, -0.2) is 0 Å². The van der Waals surface area contributed by atoms with Crippen molar-refractivity contribution in [2.45, 2.75) is 274 Å². The normalized spacial score (nSPS) is 22.4. The maximum absolute atomic E-state index is 13.0. The Morgan fingerprint density at radius 3 is 1.47 bits per heavy atom. The Bertz CT molecular complexity index is 970. The van der Waals surface area contributed by atoms with Gasteiger partial charge in [0.15, 0.2) is 6.29 Å². The lowest BCUT2D eigenvalue weighted by atomic mass is 9.98. The van der Waals surface area contributed by atoms with Crippen LogP contribution in [0, 0.1) is 5.92 Å². The molecule has 2 heterocycles. The van der Waals surface area contributed by atoms with Gasteiger partial charge in [-0.05, 0) is 19.3 Å². The topological polar surface area (TPSA) is 178 Å². The van der Waals surface area contributed by atoms with Gasteiger partial charge in [0.2, 0.25) is 5.91 Å². The van der Waals surface area contributed by atoms with Crippen LogP contribution in [-0.2, 0) is 19.0 Å². The Hall–Kier alpha value is -0.890. The average Bonchev–Trinajstić information content (AvgIpc) is 3.23. The molecule has 11 heteroatoms. The van der Waals surface area contributed by atoms with Gasteiger partial charge in [-0.1, -0.05) is 200 Å². The smallest absolute Gasteiger partial charge is 0.220 e. The first-order valence-corrected chi connectivity index (χ1v) is 25.4. The molecule has 1 amide bonds. The molecule has 7 N–H and O–H groups in total. The molecule has 0 aromatic heterocycles. The summed E-state index contributed by atoms with van der Waals surface area (Å²) in [4.78, 5) is 13.0. The van der Waals surface area contributed by atoms with E-state index in [1.807, 2.05) is 0 Å². The highest BCUT2D eigenvalue weighted by Gasteiger charge is 2.44. The summed E-state index contributed by atoms with van der Waals surface area (Å²) < 4.78 is 16.4. The molecular weight excluding hydrogens is 763 g/mol. The number of amides is 1. The predicted octanol–water partition coefficient (Wildman–Crippen LogP) is 8.94. The zero-order valence-corrected chi connectivity index (χ0v) is 38.4. The molecule has 0 saturated carbocycles. The molecule has 2 fully saturated rings. The molecule has 2 rings (SSSR count). The van der Waals surface area contributed by atoms with Gasteiger partial charge in [-0.15, -0.1) is 0 Å². The number of nitrogens with one attached hydrogen (secondary N) is 1. The van der Waals surface area contributed by atoms with E-state index in [0.29, 0.717) is 6.42 Å². The Labute approximate surface area is 366 Å². The molecule has 0 radical (unpaired) electrons. The van der Waals surface area contributed by atoms with Crippen molar-refractivity contribution in [3.05, 3.63) is 0 Å². The Morgan fingerprint density at radius 1 is 0.600 bits per heavy atom. The van der Waals surface area contributed by atoms with Crippen LogP contribution >= 0.6 is 0 Å². The molecule has 0 unspecified atom stereocenters. The number of rotatable bonds is 42. The average molecular weight is 858 g/mol. The van der Waals surface area contributed by atoms with Crippen LogP contribution in [0.25, 0.3) is 0 Å². The number of unbranched alkanes of at least 4 members (excludes halogenated alkanes) is 29. The highest BCUT2D eigenvalue weighted by molar-refractivity contribution is 5.76. The van der Waals surface area contributed by atoms with E-state index in [9.17, 15) is 35.4 Å². The van der Waals surface area contributed by atoms with Crippen molar-refractivity contribution in [3.63, 3.8) is 0 Å². The fourth-order valence-electron chi connectivity index (χ4n) is 8.72. The molecule has 2 aliphatic heterocycles. The number of hydrogen-bond acceptors (Lipinski definition) is 10. The van der Waals surface area contributed by atoms with E-state index in [1.54, 1.807) is 0 Å².